The van der Waals surface area contributed by atoms with Gasteiger partial charge in [0.2, 0.25) is 0 Å². The Kier molecular flexibility index (Phi) is 4.02. The maximum absolute atomic E-state index is 5.93. The molecule has 2 aromatic rings. The number of anilines is 1. The van der Waals surface area contributed by atoms with Gasteiger partial charge in [-0.25, -0.2) is 9.97 Å². The largest absolute Gasteiger partial charge is 0.493 e. The van der Waals surface area contributed by atoms with Crippen LogP contribution in [0.25, 0.3) is 11.3 Å². The van der Waals surface area contributed by atoms with Crippen molar-refractivity contribution in [1.29, 1.82) is 0 Å². The summed E-state index contributed by atoms with van der Waals surface area (Å²) in [6, 6.07) is 7.41. The molecule has 5 heteroatoms. The summed E-state index contributed by atoms with van der Waals surface area (Å²) in [7, 11) is 3.22. The van der Waals surface area contributed by atoms with Crippen molar-refractivity contribution in [1.82, 2.24) is 9.97 Å². The van der Waals surface area contributed by atoms with Crippen molar-refractivity contribution in [3.05, 3.63) is 30.1 Å². The molecule has 0 bridgehead atoms. The van der Waals surface area contributed by atoms with Crippen LogP contribution in [0.4, 0.5) is 5.82 Å². The molecule has 21 heavy (non-hydrogen) atoms. The molecule has 0 fully saturated rings. The molecule has 0 aliphatic carbocycles. The minimum absolute atomic E-state index is 0.184. The van der Waals surface area contributed by atoms with E-state index in [1.807, 2.05) is 39.0 Å². The number of nitrogen functional groups attached to an aromatic ring is 1. The van der Waals surface area contributed by atoms with E-state index in [9.17, 15) is 0 Å². The van der Waals surface area contributed by atoms with Crippen LogP contribution in [-0.4, -0.2) is 24.2 Å². The molecule has 2 N–H and O–H groups in total. The van der Waals surface area contributed by atoms with Gasteiger partial charge in [-0.05, 0) is 12.1 Å². The maximum Gasteiger partial charge on any atom is 0.170 e. The van der Waals surface area contributed by atoms with E-state index in [0.29, 0.717) is 23.1 Å². The molecule has 0 spiro atoms. The van der Waals surface area contributed by atoms with E-state index in [1.54, 1.807) is 20.3 Å². The average molecular weight is 287 g/mol. The number of rotatable bonds is 3. The maximum atomic E-state index is 5.93. The third kappa shape index (κ3) is 3.07. The Labute approximate surface area is 125 Å². The van der Waals surface area contributed by atoms with Gasteiger partial charge in [0.15, 0.2) is 11.5 Å². The third-order valence-corrected chi connectivity index (χ3v) is 3.10. The summed E-state index contributed by atoms with van der Waals surface area (Å²) in [6.07, 6.45) is 0. The summed E-state index contributed by atoms with van der Waals surface area (Å²) >= 11 is 0. The predicted molar refractivity (Wildman–Crippen MR) is 83.7 cm³/mol. The monoisotopic (exact) mass is 287 g/mol. The lowest BCUT2D eigenvalue weighted by Crippen LogP contribution is -2.17. The molecule has 5 nitrogen and oxygen atoms in total. The van der Waals surface area contributed by atoms with Gasteiger partial charge in [0.25, 0.3) is 0 Å². The molecule has 112 valence electrons. The Morgan fingerprint density at radius 3 is 2.33 bits per heavy atom. The van der Waals surface area contributed by atoms with Gasteiger partial charge >= 0.3 is 0 Å². The molecule has 0 radical (unpaired) electrons. The van der Waals surface area contributed by atoms with Crippen LogP contribution in [0.2, 0.25) is 0 Å². The highest BCUT2D eigenvalue weighted by Crippen LogP contribution is 2.37. The number of hydrogen-bond donors (Lipinski definition) is 1. The summed E-state index contributed by atoms with van der Waals surface area (Å²) in [5.41, 5.74) is 7.30. The minimum Gasteiger partial charge on any atom is -0.493 e. The smallest absolute Gasteiger partial charge is 0.170 e. The van der Waals surface area contributed by atoms with E-state index in [-0.39, 0.29) is 5.41 Å². The first kappa shape index (κ1) is 15.1. The molecular weight excluding hydrogens is 266 g/mol. The van der Waals surface area contributed by atoms with Gasteiger partial charge in [0, 0.05) is 17.0 Å². The number of nitrogens with zero attached hydrogens (tertiary/aromatic N) is 2. The first-order valence-corrected chi connectivity index (χ1v) is 6.73. The van der Waals surface area contributed by atoms with E-state index in [0.717, 1.165) is 11.3 Å². The molecule has 0 aliphatic rings. The fraction of sp³-hybridized carbons (Fsp3) is 0.375. The Hall–Kier alpha value is -2.30. The highest BCUT2D eigenvalue weighted by atomic mass is 16.5. The second-order valence-corrected chi connectivity index (χ2v) is 5.79. The number of aromatic nitrogens is 2. The molecule has 1 aromatic heterocycles. The Balaban J connectivity index is 2.65. The summed E-state index contributed by atoms with van der Waals surface area (Å²) in [4.78, 5) is 8.96. The summed E-state index contributed by atoms with van der Waals surface area (Å²) in [5, 5.41) is 0. The van der Waals surface area contributed by atoms with E-state index >= 15 is 0 Å². The van der Waals surface area contributed by atoms with Gasteiger partial charge in [-0.2, -0.15) is 0 Å². The van der Waals surface area contributed by atoms with Crippen molar-refractivity contribution in [2.24, 2.45) is 0 Å². The van der Waals surface area contributed by atoms with Crippen LogP contribution in [0, 0.1) is 0 Å². The molecule has 0 unspecified atom stereocenters. The topological polar surface area (TPSA) is 70.3 Å². The highest BCUT2D eigenvalue weighted by Gasteiger charge is 2.20. The predicted octanol–water partition coefficient (Wildman–Crippen LogP) is 3.04. The van der Waals surface area contributed by atoms with Crippen LogP contribution in [0.1, 0.15) is 26.6 Å². The van der Waals surface area contributed by atoms with Crippen molar-refractivity contribution in [3.63, 3.8) is 0 Å². The molecule has 2 rings (SSSR count). The zero-order chi connectivity index (χ0) is 15.6. The molecule has 1 heterocycles. The average Bonchev–Trinajstić information content (AvgIpc) is 2.44. The van der Waals surface area contributed by atoms with Crippen molar-refractivity contribution in [2.75, 3.05) is 20.0 Å². The van der Waals surface area contributed by atoms with Crippen molar-refractivity contribution >= 4 is 5.82 Å². The quantitative estimate of drug-likeness (QED) is 0.939. The third-order valence-electron chi connectivity index (χ3n) is 3.10. The van der Waals surface area contributed by atoms with E-state index < -0.39 is 0 Å². The highest BCUT2D eigenvalue weighted by molar-refractivity contribution is 5.72. The number of para-hydroxylation sites is 1. The summed E-state index contributed by atoms with van der Waals surface area (Å²) < 4.78 is 10.8. The lowest BCUT2D eigenvalue weighted by Gasteiger charge is -2.19. The van der Waals surface area contributed by atoms with E-state index in [4.69, 9.17) is 15.2 Å². The minimum atomic E-state index is -0.184. The number of nitrogens with two attached hydrogens (primary N) is 1. The van der Waals surface area contributed by atoms with Gasteiger partial charge in [0.1, 0.15) is 11.6 Å². The van der Waals surface area contributed by atoms with Gasteiger partial charge in [-0.1, -0.05) is 26.8 Å². The summed E-state index contributed by atoms with van der Waals surface area (Å²) in [5.74, 6) is 2.43. The Morgan fingerprint density at radius 1 is 1.05 bits per heavy atom. The zero-order valence-electron chi connectivity index (χ0n) is 13.1. The molecule has 0 aliphatic heterocycles. The second kappa shape index (κ2) is 5.60. The van der Waals surface area contributed by atoms with Crippen molar-refractivity contribution in [3.8, 4) is 22.8 Å². The second-order valence-electron chi connectivity index (χ2n) is 5.79. The van der Waals surface area contributed by atoms with Crippen LogP contribution in [0.3, 0.4) is 0 Å². The fourth-order valence-corrected chi connectivity index (χ4v) is 2.03. The first-order valence-electron chi connectivity index (χ1n) is 6.73. The van der Waals surface area contributed by atoms with Crippen molar-refractivity contribution in [2.45, 2.75) is 26.2 Å². The number of hydrogen-bond acceptors (Lipinski definition) is 5. The van der Waals surface area contributed by atoms with E-state index in [1.165, 1.54) is 0 Å². The molecule has 1 aromatic carbocycles. The van der Waals surface area contributed by atoms with E-state index in [2.05, 4.69) is 9.97 Å². The van der Waals surface area contributed by atoms with Crippen LogP contribution in [0.5, 0.6) is 11.5 Å². The van der Waals surface area contributed by atoms with Crippen LogP contribution < -0.4 is 15.2 Å². The van der Waals surface area contributed by atoms with Gasteiger partial charge in [-0.3, -0.25) is 0 Å². The molecule has 0 saturated carbocycles. The number of ether oxygens (including phenoxy) is 2. The molecule has 0 saturated heterocycles. The lowest BCUT2D eigenvalue weighted by atomic mass is 9.95. The van der Waals surface area contributed by atoms with Crippen LogP contribution in [-0.2, 0) is 5.41 Å². The normalized spacial score (nSPS) is 11.3. The molecule has 0 amide bonds. The van der Waals surface area contributed by atoms with Gasteiger partial charge < -0.3 is 15.2 Å². The van der Waals surface area contributed by atoms with Gasteiger partial charge in [-0.15, -0.1) is 0 Å². The van der Waals surface area contributed by atoms with Gasteiger partial charge in [0.05, 0.1) is 19.9 Å². The summed E-state index contributed by atoms with van der Waals surface area (Å²) in [6.45, 7) is 6.15. The SMILES string of the molecule is COc1cccc(-c2cc(N)nc(C(C)(C)C)n2)c1OC. The van der Waals surface area contributed by atoms with Crippen molar-refractivity contribution < 1.29 is 9.47 Å². The Morgan fingerprint density at radius 2 is 1.76 bits per heavy atom. The standard InChI is InChI=1S/C16H21N3O2/c1-16(2,3)15-18-11(9-13(17)19-15)10-7-6-8-12(20-4)14(10)21-5/h6-9H,1-5H3,(H2,17,18,19). The van der Waals surface area contributed by atoms with Crippen LogP contribution >= 0.6 is 0 Å². The lowest BCUT2D eigenvalue weighted by molar-refractivity contribution is 0.356. The molecule has 0 atom stereocenters. The Bertz CT molecular complexity index is 648. The number of benzene rings is 1. The first-order chi connectivity index (χ1) is 9.86. The zero-order valence-corrected chi connectivity index (χ0v) is 13.1. The number of methoxy groups -OCH3 is 2. The van der Waals surface area contributed by atoms with Crippen LogP contribution in [0.15, 0.2) is 24.3 Å². The molecular formula is C16H21N3O2. The fourth-order valence-electron chi connectivity index (χ4n) is 2.03.